The van der Waals surface area contributed by atoms with Crippen LogP contribution in [-0.2, 0) is 0 Å². The van der Waals surface area contributed by atoms with Gasteiger partial charge in [0.25, 0.3) is 0 Å². The van der Waals surface area contributed by atoms with Crippen LogP contribution in [0.25, 0.3) is 0 Å². The molecule has 1 nitrogen and oxygen atoms in total. The molecule has 0 spiro atoms. The van der Waals surface area contributed by atoms with Gasteiger partial charge >= 0.3 is 0 Å². The molecule has 0 bridgehead atoms. The molecule has 0 radical (unpaired) electrons. The molecule has 1 N–H and O–H groups in total. The van der Waals surface area contributed by atoms with Crippen LogP contribution < -0.4 is 5.32 Å². The van der Waals surface area contributed by atoms with Crippen LogP contribution in [0.3, 0.4) is 0 Å². The summed E-state index contributed by atoms with van der Waals surface area (Å²) in [5, 5.41) is 3.48. The van der Waals surface area contributed by atoms with Crippen LogP contribution in [0.5, 0.6) is 0 Å². The van der Waals surface area contributed by atoms with Gasteiger partial charge in [0.2, 0.25) is 0 Å². The maximum Gasteiger partial charge on any atom is -0.00463 e. The van der Waals surface area contributed by atoms with E-state index in [0.717, 1.165) is 11.8 Å². The van der Waals surface area contributed by atoms with Crippen molar-refractivity contribution in [1.29, 1.82) is 0 Å². The van der Waals surface area contributed by atoms with Crippen LogP contribution in [0.15, 0.2) is 0 Å². The van der Waals surface area contributed by atoms with E-state index in [1.54, 1.807) is 0 Å². The van der Waals surface area contributed by atoms with Crippen molar-refractivity contribution in [1.82, 2.24) is 5.32 Å². The van der Waals surface area contributed by atoms with E-state index in [0.29, 0.717) is 0 Å². The molecule has 1 aliphatic rings. The predicted molar refractivity (Wildman–Crippen MR) is 58.9 cm³/mol. The molecule has 1 heteroatoms. The van der Waals surface area contributed by atoms with E-state index in [2.05, 4.69) is 19.2 Å². The van der Waals surface area contributed by atoms with Crippen LogP contribution in [-0.4, -0.2) is 13.1 Å². The van der Waals surface area contributed by atoms with Gasteiger partial charge in [-0.3, -0.25) is 0 Å². The van der Waals surface area contributed by atoms with E-state index in [4.69, 9.17) is 0 Å². The zero-order valence-electron chi connectivity index (χ0n) is 9.31. The Labute approximate surface area is 83.3 Å². The zero-order valence-corrected chi connectivity index (χ0v) is 9.31. The summed E-state index contributed by atoms with van der Waals surface area (Å²) in [7, 11) is 0. The maximum atomic E-state index is 3.48. The van der Waals surface area contributed by atoms with Crippen LogP contribution in [0, 0.1) is 11.8 Å². The van der Waals surface area contributed by atoms with Crippen molar-refractivity contribution < 1.29 is 0 Å². The van der Waals surface area contributed by atoms with E-state index in [-0.39, 0.29) is 0 Å². The fraction of sp³-hybridized carbons (Fsp3) is 1.00. The van der Waals surface area contributed by atoms with Gasteiger partial charge in [-0.15, -0.1) is 0 Å². The summed E-state index contributed by atoms with van der Waals surface area (Å²) >= 11 is 0. The van der Waals surface area contributed by atoms with Gasteiger partial charge in [-0.05, 0) is 44.2 Å². The Morgan fingerprint density at radius 1 is 1.23 bits per heavy atom. The van der Waals surface area contributed by atoms with Gasteiger partial charge in [-0.2, -0.15) is 0 Å². The summed E-state index contributed by atoms with van der Waals surface area (Å²) in [6.07, 6.45) is 8.61. The molecule has 1 heterocycles. The smallest absolute Gasteiger partial charge is 0.00463 e. The van der Waals surface area contributed by atoms with Gasteiger partial charge in [0, 0.05) is 0 Å². The second-order valence-corrected chi connectivity index (χ2v) is 4.87. The van der Waals surface area contributed by atoms with Crippen LogP contribution in [0.4, 0.5) is 0 Å². The molecule has 0 aromatic rings. The van der Waals surface area contributed by atoms with Crippen LogP contribution in [0.2, 0.25) is 0 Å². The molecule has 0 amide bonds. The van der Waals surface area contributed by atoms with E-state index in [9.17, 15) is 0 Å². The molecule has 0 saturated carbocycles. The Bertz CT molecular complexity index is 112. The topological polar surface area (TPSA) is 12.0 Å². The van der Waals surface area contributed by atoms with Gasteiger partial charge in [0.1, 0.15) is 0 Å². The third-order valence-electron chi connectivity index (χ3n) is 3.09. The first-order chi connectivity index (χ1) is 6.29. The molecule has 78 valence electrons. The third kappa shape index (κ3) is 5.30. The Morgan fingerprint density at radius 2 is 2.08 bits per heavy atom. The minimum absolute atomic E-state index is 0.893. The summed E-state index contributed by atoms with van der Waals surface area (Å²) in [6, 6.07) is 0. The molecular weight excluding hydrogens is 158 g/mol. The molecule has 0 aromatic carbocycles. The van der Waals surface area contributed by atoms with Crippen molar-refractivity contribution in [2.24, 2.45) is 11.8 Å². The SMILES string of the molecule is CC(C)CCCC1CCCNCC1. The minimum Gasteiger partial charge on any atom is -0.317 e. The number of nitrogens with one attached hydrogen (secondary N) is 1. The second-order valence-electron chi connectivity index (χ2n) is 4.87. The van der Waals surface area contributed by atoms with Gasteiger partial charge < -0.3 is 5.32 Å². The monoisotopic (exact) mass is 183 g/mol. The molecule has 1 saturated heterocycles. The Balaban J connectivity index is 2.05. The zero-order chi connectivity index (χ0) is 9.52. The van der Waals surface area contributed by atoms with Crippen molar-refractivity contribution in [3.05, 3.63) is 0 Å². The first-order valence-corrected chi connectivity index (χ1v) is 5.99. The van der Waals surface area contributed by atoms with E-state index in [1.807, 2.05) is 0 Å². The van der Waals surface area contributed by atoms with Gasteiger partial charge in [0.05, 0.1) is 0 Å². The van der Waals surface area contributed by atoms with Crippen molar-refractivity contribution in [3.8, 4) is 0 Å². The Hall–Kier alpha value is -0.0400. The van der Waals surface area contributed by atoms with Gasteiger partial charge in [-0.25, -0.2) is 0 Å². The lowest BCUT2D eigenvalue weighted by molar-refractivity contribution is 0.400. The fourth-order valence-corrected chi connectivity index (χ4v) is 2.19. The van der Waals surface area contributed by atoms with Gasteiger partial charge in [-0.1, -0.05) is 33.1 Å². The quantitative estimate of drug-likeness (QED) is 0.705. The summed E-state index contributed by atoms with van der Waals surface area (Å²) in [5.74, 6) is 1.91. The van der Waals surface area contributed by atoms with Crippen LogP contribution >= 0.6 is 0 Å². The van der Waals surface area contributed by atoms with Crippen LogP contribution in [0.1, 0.15) is 52.4 Å². The highest BCUT2D eigenvalue weighted by atomic mass is 14.8. The highest BCUT2D eigenvalue weighted by molar-refractivity contribution is 4.66. The van der Waals surface area contributed by atoms with Crippen molar-refractivity contribution in [2.75, 3.05) is 13.1 Å². The molecule has 1 rings (SSSR count). The first kappa shape index (κ1) is 11.0. The second kappa shape index (κ2) is 6.42. The molecule has 0 aromatic heterocycles. The lowest BCUT2D eigenvalue weighted by atomic mass is 9.93. The van der Waals surface area contributed by atoms with E-state index < -0.39 is 0 Å². The normalized spacial score (nSPS) is 24.7. The summed E-state index contributed by atoms with van der Waals surface area (Å²) < 4.78 is 0. The number of rotatable bonds is 4. The van der Waals surface area contributed by atoms with Crippen molar-refractivity contribution in [3.63, 3.8) is 0 Å². The third-order valence-corrected chi connectivity index (χ3v) is 3.09. The average molecular weight is 183 g/mol. The maximum absolute atomic E-state index is 3.48. The van der Waals surface area contributed by atoms with E-state index >= 15 is 0 Å². The first-order valence-electron chi connectivity index (χ1n) is 5.99. The minimum atomic E-state index is 0.893. The van der Waals surface area contributed by atoms with Crippen molar-refractivity contribution >= 4 is 0 Å². The summed E-state index contributed by atoms with van der Waals surface area (Å²) in [4.78, 5) is 0. The standard InChI is InChI=1S/C12H25N/c1-11(2)5-3-6-12-7-4-9-13-10-8-12/h11-13H,3-10H2,1-2H3. The Kier molecular flexibility index (Phi) is 5.45. The molecule has 1 atom stereocenters. The molecular formula is C12H25N. The summed E-state index contributed by atoms with van der Waals surface area (Å²) in [6.45, 7) is 7.16. The van der Waals surface area contributed by atoms with Gasteiger partial charge in [0.15, 0.2) is 0 Å². The van der Waals surface area contributed by atoms with Crippen molar-refractivity contribution in [2.45, 2.75) is 52.4 Å². The van der Waals surface area contributed by atoms with E-state index in [1.165, 1.54) is 51.6 Å². The molecule has 1 aliphatic heterocycles. The Morgan fingerprint density at radius 3 is 2.85 bits per heavy atom. The lowest BCUT2D eigenvalue weighted by Crippen LogP contribution is -2.14. The summed E-state index contributed by atoms with van der Waals surface area (Å²) in [5.41, 5.74) is 0. The number of hydrogen-bond donors (Lipinski definition) is 1. The number of hydrogen-bond acceptors (Lipinski definition) is 1. The average Bonchev–Trinajstić information content (AvgIpc) is 2.32. The predicted octanol–water partition coefficient (Wildman–Crippen LogP) is 3.20. The largest absolute Gasteiger partial charge is 0.317 e. The molecule has 0 aliphatic carbocycles. The highest BCUT2D eigenvalue weighted by Gasteiger charge is 2.11. The highest BCUT2D eigenvalue weighted by Crippen LogP contribution is 2.21. The molecule has 1 unspecified atom stereocenters. The molecule has 1 fully saturated rings. The molecule has 13 heavy (non-hydrogen) atoms. The fourth-order valence-electron chi connectivity index (χ4n) is 2.19. The lowest BCUT2D eigenvalue weighted by Gasteiger charge is -2.13.